The molecule has 0 fully saturated rings. The summed E-state index contributed by atoms with van der Waals surface area (Å²) in [6.45, 7) is 0. The average molecular weight is 562 g/mol. The standard InChI is InChI=1S/C32H32Ge2/c1-33(2)31(27-21-13-7-14-22-27)29(25-17-9-5-10-18-25)30(26-19-11-6-12-20-26)32(34(3)4)28-23-15-8-16-24-28/h5-24H,1-4H3/b31-29-,32-30-. The predicted molar refractivity (Wildman–Crippen MR) is 154 cm³/mol. The van der Waals surface area contributed by atoms with Gasteiger partial charge in [0.05, 0.1) is 0 Å². The first-order valence-electron chi connectivity index (χ1n) is 11.9. The van der Waals surface area contributed by atoms with Gasteiger partial charge in [-0.3, -0.25) is 0 Å². The van der Waals surface area contributed by atoms with Crippen LogP contribution < -0.4 is 0 Å². The van der Waals surface area contributed by atoms with E-state index in [0.717, 1.165) is 0 Å². The van der Waals surface area contributed by atoms with E-state index in [0.29, 0.717) is 0 Å². The van der Waals surface area contributed by atoms with Crippen molar-refractivity contribution in [3.63, 3.8) is 0 Å². The molecule has 0 heterocycles. The van der Waals surface area contributed by atoms with Gasteiger partial charge >= 0.3 is 215 Å². The molecule has 2 radical (unpaired) electrons. The van der Waals surface area contributed by atoms with E-state index < -0.39 is 28.7 Å². The third-order valence-corrected chi connectivity index (χ3v) is 12.5. The van der Waals surface area contributed by atoms with Gasteiger partial charge in [0.2, 0.25) is 0 Å². The van der Waals surface area contributed by atoms with Gasteiger partial charge < -0.3 is 0 Å². The van der Waals surface area contributed by atoms with Crippen molar-refractivity contribution < 1.29 is 0 Å². The minimum absolute atomic E-state index is 1.32. The van der Waals surface area contributed by atoms with Gasteiger partial charge in [-0.25, -0.2) is 0 Å². The molecular formula is C32H32Ge2. The topological polar surface area (TPSA) is 0 Å². The van der Waals surface area contributed by atoms with Crippen molar-refractivity contribution >= 4 is 48.7 Å². The average Bonchev–Trinajstić information content (AvgIpc) is 2.87. The second-order valence-electron chi connectivity index (χ2n) is 8.96. The first-order valence-corrected chi connectivity index (χ1v) is 22.4. The Hall–Kier alpha value is -2.55. The molecule has 0 aliphatic carbocycles. The van der Waals surface area contributed by atoms with E-state index in [1.165, 1.54) is 33.4 Å². The molecular weight excluding hydrogens is 530 g/mol. The van der Waals surface area contributed by atoms with Crippen LogP contribution in [0, 0.1) is 0 Å². The number of hydrogen-bond donors (Lipinski definition) is 0. The maximum atomic E-state index is 2.49. The summed E-state index contributed by atoms with van der Waals surface area (Å²) in [5, 5.41) is 0. The van der Waals surface area contributed by atoms with E-state index in [1.807, 2.05) is 0 Å². The zero-order valence-corrected chi connectivity index (χ0v) is 24.7. The fourth-order valence-corrected chi connectivity index (χ4v) is 11.0. The Bertz CT molecular complexity index is 1150. The Morgan fingerprint density at radius 1 is 0.353 bits per heavy atom. The monoisotopic (exact) mass is 564 g/mol. The maximum absolute atomic E-state index is 2.49. The molecule has 0 saturated carbocycles. The minimum atomic E-state index is -1.54. The van der Waals surface area contributed by atoms with Crippen LogP contribution in [0.25, 0.3) is 20.0 Å². The van der Waals surface area contributed by atoms with Crippen molar-refractivity contribution in [2.45, 2.75) is 23.0 Å². The molecule has 0 atom stereocenters. The summed E-state index contributed by atoms with van der Waals surface area (Å²) in [6.07, 6.45) is 0. The van der Waals surface area contributed by atoms with Gasteiger partial charge in [0, 0.05) is 0 Å². The molecule has 2 heteroatoms. The van der Waals surface area contributed by atoms with E-state index in [4.69, 9.17) is 0 Å². The molecule has 0 bridgehead atoms. The van der Waals surface area contributed by atoms with Crippen molar-refractivity contribution in [2.24, 2.45) is 0 Å². The van der Waals surface area contributed by atoms with E-state index in [-0.39, 0.29) is 0 Å². The number of rotatable bonds is 7. The molecule has 0 amide bonds. The van der Waals surface area contributed by atoms with Crippen LogP contribution >= 0.6 is 0 Å². The molecule has 0 unspecified atom stereocenters. The van der Waals surface area contributed by atoms with E-state index in [2.05, 4.69) is 144 Å². The van der Waals surface area contributed by atoms with Gasteiger partial charge in [0.1, 0.15) is 0 Å². The molecule has 0 N–H and O–H groups in total. The van der Waals surface area contributed by atoms with Crippen LogP contribution in [-0.2, 0) is 0 Å². The van der Waals surface area contributed by atoms with Gasteiger partial charge in [-0.05, 0) is 0 Å². The summed E-state index contributed by atoms with van der Waals surface area (Å²) in [5.74, 6) is 9.96. The fourth-order valence-electron chi connectivity index (χ4n) is 4.61. The van der Waals surface area contributed by atoms with Crippen molar-refractivity contribution in [2.75, 3.05) is 0 Å². The Labute approximate surface area is 214 Å². The van der Waals surface area contributed by atoms with Crippen LogP contribution in [0.15, 0.2) is 121 Å². The van der Waals surface area contributed by atoms with Crippen LogP contribution in [0.2, 0.25) is 23.0 Å². The Morgan fingerprint density at radius 2 is 0.588 bits per heavy atom. The number of hydrogen-bond acceptors (Lipinski definition) is 0. The number of allylic oxidation sites excluding steroid dienone is 2. The molecule has 0 aliphatic rings. The van der Waals surface area contributed by atoms with Gasteiger partial charge in [-0.1, -0.05) is 0 Å². The quantitative estimate of drug-likeness (QED) is 0.120. The molecule has 0 saturated heterocycles. The molecule has 0 aliphatic heterocycles. The van der Waals surface area contributed by atoms with Gasteiger partial charge in [0.25, 0.3) is 0 Å². The summed E-state index contributed by atoms with van der Waals surface area (Å²) in [5.41, 5.74) is 8.26. The Morgan fingerprint density at radius 3 is 0.824 bits per heavy atom. The van der Waals surface area contributed by atoms with E-state index in [9.17, 15) is 0 Å². The zero-order chi connectivity index (χ0) is 23.9. The predicted octanol–water partition coefficient (Wildman–Crippen LogP) is 8.80. The van der Waals surface area contributed by atoms with Crippen LogP contribution in [-0.4, -0.2) is 28.7 Å². The zero-order valence-electron chi connectivity index (χ0n) is 20.5. The molecule has 0 nitrogen and oxygen atoms in total. The molecule has 34 heavy (non-hydrogen) atoms. The first-order chi connectivity index (χ1) is 16.6. The Kier molecular flexibility index (Phi) is 8.47. The van der Waals surface area contributed by atoms with Crippen LogP contribution in [0.5, 0.6) is 0 Å². The molecule has 4 aromatic carbocycles. The fraction of sp³-hybridized carbons (Fsp3) is 0.125. The second kappa shape index (κ2) is 11.7. The number of benzene rings is 4. The Balaban J connectivity index is 2.22. The van der Waals surface area contributed by atoms with Crippen molar-refractivity contribution in [3.8, 4) is 0 Å². The molecule has 168 valence electrons. The van der Waals surface area contributed by atoms with Crippen molar-refractivity contribution in [1.82, 2.24) is 0 Å². The first kappa shape index (κ1) is 24.6. The van der Waals surface area contributed by atoms with Crippen molar-refractivity contribution in [1.29, 1.82) is 0 Å². The van der Waals surface area contributed by atoms with Gasteiger partial charge in [-0.15, -0.1) is 0 Å². The second-order valence-corrected chi connectivity index (χ2v) is 19.5. The summed E-state index contributed by atoms with van der Waals surface area (Å²) in [4.78, 5) is 0. The van der Waals surface area contributed by atoms with Crippen LogP contribution in [0.1, 0.15) is 22.3 Å². The van der Waals surface area contributed by atoms with Crippen LogP contribution in [0.4, 0.5) is 0 Å². The summed E-state index contributed by atoms with van der Waals surface area (Å²) < 4.78 is 3.14. The van der Waals surface area contributed by atoms with E-state index in [1.54, 1.807) is 8.81 Å². The molecule has 0 aromatic heterocycles. The van der Waals surface area contributed by atoms with Crippen LogP contribution in [0.3, 0.4) is 0 Å². The molecule has 4 aromatic rings. The van der Waals surface area contributed by atoms with Gasteiger partial charge in [-0.2, -0.15) is 0 Å². The third kappa shape index (κ3) is 5.56. The van der Waals surface area contributed by atoms with Crippen molar-refractivity contribution in [3.05, 3.63) is 144 Å². The SMILES string of the molecule is [CH3][Ge]([CH3])/[C](=C(\C(=[C](\c1ccccc1)[Ge]([CH3])[CH3])c1ccccc1)c1ccccc1)c1ccccc1. The summed E-state index contributed by atoms with van der Waals surface area (Å²) in [7, 11) is 0. The normalized spacial score (nSPS) is 13.0. The van der Waals surface area contributed by atoms with Gasteiger partial charge in [0.15, 0.2) is 0 Å². The summed E-state index contributed by atoms with van der Waals surface area (Å²) >= 11 is -3.08. The molecule has 4 rings (SSSR count). The molecule has 0 spiro atoms. The summed E-state index contributed by atoms with van der Waals surface area (Å²) in [6, 6.07) is 44.4. The third-order valence-electron chi connectivity index (χ3n) is 6.00. The van der Waals surface area contributed by atoms with E-state index >= 15 is 0 Å².